The average molecular weight is 366 g/mol. The van der Waals surface area contributed by atoms with Crippen LogP contribution < -0.4 is 10.6 Å². The number of carbonyl (C=O) groups is 1. The van der Waals surface area contributed by atoms with E-state index in [0.717, 1.165) is 36.5 Å². The first kappa shape index (κ1) is 17.0. The fourth-order valence-corrected chi connectivity index (χ4v) is 4.34. The molecule has 3 N–H and O–H groups in total. The van der Waals surface area contributed by atoms with Crippen molar-refractivity contribution in [3.05, 3.63) is 64.8 Å². The number of thiophene rings is 1. The zero-order valence-electron chi connectivity index (χ0n) is 14.5. The van der Waals surface area contributed by atoms with Crippen molar-refractivity contribution in [2.24, 2.45) is 0 Å². The molecule has 0 aliphatic carbocycles. The fourth-order valence-electron chi connectivity index (χ4n) is 3.39. The van der Waals surface area contributed by atoms with Crippen LogP contribution >= 0.6 is 11.3 Å². The third-order valence-corrected chi connectivity index (χ3v) is 5.94. The first-order chi connectivity index (χ1) is 12.8. The van der Waals surface area contributed by atoms with Crippen molar-refractivity contribution in [2.75, 3.05) is 13.1 Å². The number of rotatable bonds is 5. The van der Waals surface area contributed by atoms with Gasteiger partial charge in [0.1, 0.15) is 0 Å². The lowest BCUT2D eigenvalue weighted by molar-refractivity contribution is 0.0949. The molecule has 0 atom stereocenters. The molecule has 1 fully saturated rings. The number of carbonyl (C=O) groups excluding carboxylic acids is 1. The first-order valence-corrected chi connectivity index (χ1v) is 9.79. The molecule has 1 aliphatic rings. The Morgan fingerprint density at radius 2 is 1.96 bits per heavy atom. The van der Waals surface area contributed by atoms with E-state index in [1.165, 1.54) is 10.4 Å². The highest BCUT2D eigenvalue weighted by molar-refractivity contribution is 7.15. The SMILES string of the molecule is O=C(NCc1ccc(-c2ccccc2)s1)c1cn[nH]c1C1CCNCC1. The maximum atomic E-state index is 12.6. The van der Waals surface area contributed by atoms with Crippen LogP contribution in [-0.2, 0) is 6.54 Å². The molecule has 5 nitrogen and oxygen atoms in total. The Balaban J connectivity index is 1.40. The van der Waals surface area contributed by atoms with Crippen molar-refractivity contribution in [2.45, 2.75) is 25.3 Å². The van der Waals surface area contributed by atoms with E-state index in [1.807, 2.05) is 18.2 Å². The van der Waals surface area contributed by atoms with E-state index in [0.29, 0.717) is 18.0 Å². The second kappa shape index (κ2) is 7.85. The standard InChI is InChI=1S/C20H22N4OS/c25-20(17-13-23-24-19(17)15-8-10-21-11-9-15)22-12-16-6-7-18(26-16)14-4-2-1-3-5-14/h1-7,13,15,21H,8-12H2,(H,22,25)(H,23,24). The molecule has 0 radical (unpaired) electrons. The smallest absolute Gasteiger partial charge is 0.255 e. The summed E-state index contributed by atoms with van der Waals surface area (Å²) in [5.41, 5.74) is 2.86. The highest BCUT2D eigenvalue weighted by Gasteiger charge is 2.23. The Bertz CT molecular complexity index is 865. The summed E-state index contributed by atoms with van der Waals surface area (Å²) in [6, 6.07) is 14.5. The molecule has 26 heavy (non-hydrogen) atoms. The van der Waals surface area contributed by atoms with Crippen LogP contribution in [0.25, 0.3) is 10.4 Å². The van der Waals surface area contributed by atoms with Gasteiger partial charge < -0.3 is 10.6 Å². The van der Waals surface area contributed by atoms with Gasteiger partial charge in [-0.25, -0.2) is 0 Å². The number of hydrogen-bond donors (Lipinski definition) is 3. The first-order valence-electron chi connectivity index (χ1n) is 8.97. The van der Waals surface area contributed by atoms with Crippen LogP contribution in [0, 0.1) is 0 Å². The molecule has 4 rings (SSSR count). The number of aromatic nitrogens is 2. The Morgan fingerprint density at radius 3 is 2.77 bits per heavy atom. The molecule has 3 aromatic rings. The lowest BCUT2D eigenvalue weighted by Crippen LogP contribution is -2.29. The molecule has 1 amide bonds. The Kier molecular flexibility index (Phi) is 5.13. The molecule has 0 bridgehead atoms. The minimum absolute atomic E-state index is 0.0538. The summed E-state index contributed by atoms with van der Waals surface area (Å²) < 4.78 is 0. The summed E-state index contributed by atoms with van der Waals surface area (Å²) in [6.45, 7) is 2.51. The van der Waals surface area contributed by atoms with E-state index in [4.69, 9.17) is 0 Å². The number of nitrogens with one attached hydrogen (secondary N) is 3. The predicted molar refractivity (Wildman–Crippen MR) is 104 cm³/mol. The van der Waals surface area contributed by atoms with Crippen LogP contribution in [0.5, 0.6) is 0 Å². The van der Waals surface area contributed by atoms with Crippen molar-refractivity contribution in [3.63, 3.8) is 0 Å². The van der Waals surface area contributed by atoms with Gasteiger partial charge in [-0.1, -0.05) is 30.3 Å². The highest BCUT2D eigenvalue weighted by atomic mass is 32.1. The van der Waals surface area contributed by atoms with Crippen LogP contribution in [0.2, 0.25) is 0 Å². The van der Waals surface area contributed by atoms with Gasteiger partial charge in [0, 0.05) is 15.7 Å². The summed E-state index contributed by atoms with van der Waals surface area (Å²) in [7, 11) is 0. The van der Waals surface area contributed by atoms with E-state index < -0.39 is 0 Å². The van der Waals surface area contributed by atoms with E-state index in [9.17, 15) is 4.79 Å². The quantitative estimate of drug-likeness (QED) is 0.647. The number of nitrogens with zero attached hydrogens (tertiary/aromatic N) is 1. The normalized spacial score (nSPS) is 15.1. The van der Waals surface area contributed by atoms with Crippen LogP contribution in [0.3, 0.4) is 0 Å². The monoisotopic (exact) mass is 366 g/mol. The van der Waals surface area contributed by atoms with Gasteiger partial charge in [-0.3, -0.25) is 9.89 Å². The van der Waals surface area contributed by atoms with Crippen LogP contribution in [0.15, 0.2) is 48.7 Å². The number of benzene rings is 1. The van der Waals surface area contributed by atoms with Crippen LogP contribution in [0.4, 0.5) is 0 Å². The number of hydrogen-bond acceptors (Lipinski definition) is 4. The van der Waals surface area contributed by atoms with Gasteiger partial charge in [-0.2, -0.15) is 5.10 Å². The van der Waals surface area contributed by atoms with Gasteiger partial charge in [0.15, 0.2) is 0 Å². The molecular formula is C20H22N4OS. The minimum Gasteiger partial charge on any atom is -0.347 e. The molecule has 0 saturated carbocycles. The van der Waals surface area contributed by atoms with Gasteiger partial charge >= 0.3 is 0 Å². The topological polar surface area (TPSA) is 69.8 Å². The van der Waals surface area contributed by atoms with Crippen molar-refractivity contribution < 1.29 is 4.79 Å². The maximum Gasteiger partial charge on any atom is 0.255 e. The lowest BCUT2D eigenvalue weighted by Gasteiger charge is -2.22. The molecule has 134 valence electrons. The Hall–Kier alpha value is -2.44. The summed E-state index contributed by atoms with van der Waals surface area (Å²) in [5, 5.41) is 13.6. The lowest BCUT2D eigenvalue weighted by atomic mass is 9.92. The van der Waals surface area contributed by atoms with Crippen molar-refractivity contribution in [1.29, 1.82) is 0 Å². The van der Waals surface area contributed by atoms with Crippen molar-refractivity contribution in [1.82, 2.24) is 20.8 Å². The highest BCUT2D eigenvalue weighted by Crippen LogP contribution is 2.28. The van der Waals surface area contributed by atoms with Crippen LogP contribution in [0.1, 0.15) is 39.7 Å². The number of amides is 1. The Morgan fingerprint density at radius 1 is 1.15 bits per heavy atom. The summed E-state index contributed by atoms with van der Waals surface area (Å²) in [6.07, 6.45) is 3.72. The summed E-state index contributed by atoms with van der Waals surface area (Å²) >= 11 is 1.71. The van der Waals surface area contributed by atoms with E-state index in [2.05, 4.69) is 45.1 Å². The van der Waals surface area contributed by atoms with Gasteiger partial charge in [0.05, 0.1) is 24.0 Å². The molecular weight excluding hydrogens is 344 g/mol. The fraction of sp³-hybridized carbons (Fsp3) is 0.300. The van der Waals surface area contributed by atoms with Crippen molar-refractivity contribution in [3.8, 4) is 10.4 Å². The second-order valence-electron chi connectivity index (χ2n) is 6.54. The molecule has 3 heterocycles. The third kappa shape index (κ3) is 3.71. The zero-order valence-corrected chi connectivity index (χ0v) is 15.3. The van der Waals surface area contributed by atoms with E-state index >= 15 is 0 Å². The van der Waals surface area contributed by atoms with Crippen molar-refractivity contribution >= 4 is 17.2 Å². The number of H-pyrrole nitrogens is 1. The summed E-state index contributed by atoms with van der Waals surface area (Å²) in [4.78, 5) is 15.0. The molecule has 1 aromatic carbocycles. The van der Waals surface area contributed by atoms with Gasteiger partial charge in [0.2, 0.25) is 0 Å². The molecule has 0 unspecified atom stereocenters. The molecule has 0 spiro atoms. The average Bonchev–Trinajstić information content (AvgIpc) is 3.37. The molecule has 1 aliphatic heterocycles. The largest absolute Gasteiger partial charge is 0.347 e. The molecule has 1 saturated heterocycles. The van der Waals surface area contributed by atoms with Gasteiger partial charge in [0.25, 0.3) is 5.91 Å². The Labute approximate surface area is 156 Å². The van der Waals surface area contributed by atoms with E-state index in [1.54, 1.807) is 17.5 Å². The third-order valence-electron chi connectivity index (χ3n) is 4.80. The number of aromatic amines is 1. The van der Waals surface area contributed by atoms with E-state index in [-0.39, 0.29) is 5.91 Å². The predicted octanol–water partition coefficient (Wildman–Crippen LogP) is 3.54. The van der Waals surface area contributed by atoms with Crippen LogP contribution in [-0.4, -0.2) is 29.2 Å². The zero-order chi connectivity index (χ0) is 17.8. The van der Waals surface area contributed by atoms with Gasteiger partial charge in [-0.05, 0) is 43.6 Å². The number of piperidine rings is 1. The second-order valence-corrected chi connectivity index (χ2v) is 7.70. The molecule has 2 aromatic heterocycles. The maximum absolute atomic E-state index is 12.6. The molecule has 6 heteroatoms. The minimum atomic E-state index is -0.0538. The van der Waals surface area contributed by atoms with Gasteiger partial charge in [-0.15, -0.1) is 11.3 Å². The summed E-state index contributed by atoms with van der Waals surface area (Å²) in [5.74, 6) is 0.327.